The van der Waals surface area contributed by atoms with Crippen LogP contribution in [0.1, 0.15) is 39.5 Å². The highest BCUT2D eigenvalue weighted by Crippen LogP contribution is 2.38. The highest BCUT2D eigenvalue weighted by molar-refractivity contribution is 6.00. The molecule has 1 unspecified atom stereocenters. The molecule has 10 nitrogen and oxygen atoms in total. The van der Waals surface area contributed by atoms with Crippen molar-refractivity contribution in [2.45, 2.75) is 51.5 Å². The molecule has 0 saturated carbocycles. The summed E-state index contributed by atoms with van der Waals surface area (Å²) in [6, 6.07) is 5.80. The molecule has 2 aromatic rings. The molecule has 1 fully saturated rings. The third-order valence-corrected chi connectivity index (χ3v) is 7.63. The number of halogens is 2. The van der Waals surface area contributed by atoms with E-state index in [2.05, 4.69) is 34.1 Å². The van der Waals surface area contributed by atoms with Crippen molar-refractivity contribution in [3.8, 4) is 5.75 Å². The first kappa shape index (κ1) is 29.7. The normalized spacial score (nSPS) is 18.7. The summed E-state index contributed by atoms with van der Waals surface area (Å²) in [6.45, 7) is 7.76. The van der Waals surface area contributed by atoms with Crippen LogP contribution < -0.4 is 24.8 Å². The van der Waals surface area contributed by atoms with Crippen molar-refractivity contribution in [2.75, 3.05) is 80.0 Å². The maximum atomic E-state index is 14.7. The number of carbonyl (C=O) groups is 1. The molecule has 1 saturated heterocycles. The molecular formula is C28H41F2N7O3. The van der Waals surface area contributed by atoms with Gasteiger partial charge in [0.15, 0.2) is 5.82 Å². The van der Waals surface area contributed by atoms with Gasteiger partial charge in [-0.2, -0.15) is 13.8 Å². The van der Waals surface area contributed by atoms with Gasteiger partial charge in [-0.3, -0.25) is 4.79 Å². The second-order valence-corrected chi connectivity index (χ2v) is 10.4. The summed E-state index contributed by atoms with van der Waals surface area (Å²) in [7, 11) is 3.45. The number of anilines is 5. The first-order valence-corrected chi connectivity index (χ1v) is 14.1. The molecule has 1 aromatic heterocycles. The number of rotatable bonds is 10. The van der Waals surface area contributed by atoms with Gasteiger partial charge in [0.25, 0.3) is 5.91 Å². The molecule has 3 heterocycles. The average molecular weight is 562 g/mol. The van der Waals surface area contributed by atoms with Crippen LogP contribution in [0.25, 0.3) is 0 Å². The van der Waals surface area contributed by atoms with Gasteiger partial charge in [-0.1, -0.05) is 20.3 Å². The predicted molar refractivity (Wildman–Crippen MR) is 153 cm³/mol. The number of likely N-dealkylation sites (N-methyl/N-ethyl adjacent to an activating group) is 1. The van der Waals surface area contributed by atoms with Crippen LogP contribution in [0.4, 0.5) is 37.6 Å². The van der Waals surface area contributed by atoms with Crippen LogP contribution in [0.5, 0.6) is 5.75 Å². The fourth-order valence-corrected chi connectivity index (χ4v) is 5.25. The fourth-order valence-electron chi connectivity index (χ4n) is 5.25. The molecule has 4 rings (SSSR count). The average Bonchev–Trinajstić information content (AvgIpc) is 2.95. The number of nitrogens with zero attached hydrogens (tertiary/aromatic N) is 6. The van der Waals surface area contributed by atoms with Gasteiger partial charge in [-0.05, 0) is 38.1 Å². The topological polar surface area (TPSA) is 97.3 Å². The lowest BCUT2D eigenvalue weighted by Crippen LogP contribution is -2.49. The number of nitrogens with one attached hydrogen (secondary N) is 1. The van der Waals surface area contributed by atoms with Gasteiger partial charge in [0.05, 0.1) is 18.5 Å². The molecule has 1 atom stereocenters. The van der Waals surface area contributed by atoms with E-state index in [1.807, 2.05) is 30.0 Å². The zero-order chi connectivity index (χ0) is 28.9. The minimum absolute atomic E-state index is 0.00169. The van der Waals surface area contributed by atoms with Crippen LogP contribution >= 0.6 is 0 Å². The van der Waals surface area contributed by atoms with Crippen LogP contribution in [-0.4, -0.2) is 97.9 Å². The van der Waals surface area contributed by atoms with Gasteiger partial charge in [-0.15, -0.1) is 0 Å². The van der Waals surface area contributed by atoms with Gasteiger partial charge in [0.2, 0.25) is 5.95 Å². The van der Waals surface area contributed by atoms with E-state index in [0.717, 1.165) is 56.0 Å². The van der Waals surface area contributed by atoms with Crippen molar-refractivity contribution >= 4 is 34.7 Å². The summed E-state index contributed by atoms with van der Waals surface area (Å²) in [4.78, 5) is 29.3. The summed E-state index contributed by atoms with van der Waals surface area (Å²) in [5, 5.41) is 12.6. The van der Waals surface area contributed by atoms with Crippen LogP contribution in [0.3, 0.4) is 0 Å². The Balaban J connectivity index is 1.73. The Morgan fingerprint density at radius 3 is 2.58 bits per heavy atom. The van der Waals surface area contributed by atoms with Gasteiger partial charge < -0.3 is 34.8 Å². The molecule has 0 bridgehead atoms. The number of aliphatic hydroxyl groups is 1. The number of carbonyl (C=O) groups excluding carboxylic acids is 1. The largest absolute Gasteiger partial charge is 0.489 e. The Morgan fingerprint density at radius 1 is 1.15 bits per heavy atom. The van der Waals surface area contributed by atoms with E-state index < -0.39 is 18.3 Å². The fraction of sp³-hybridized carbons (Fsp3) is 0.607. The standard InChI is InChI=1S/C28H41F2N7O3/c1-5-7-20(6-2)37-11-10-28(29,30)26(39)35(4)23-19-31-27(33-25(23)37)32-22-18-21(8-9-24(22)40-17-16-38)36-14-12-34(3)13-15-36/h8-9,18-20,38H,5-7,10-17H2,1-4H3,(H,31,32,33). The Hall–Kier alpha value is -3.25. The number of amides is 1. The van der Waals surface area contributed by atoms with E-state index in [1.165, 1.54) is 13.2 Å². The van der Waals surface area contributed by atoms with Crippen molar-refractivity contribution in [1.29, 1.82) is 0 Å². The zero-order valence-corrected chi connectivity index (χ0v) is 23.9. The van der Waals surface area contributed by atoms with Crippen molar-refractivity contribution in [3.05, 3.63) is 24.4 Å². The summed E-state index contributed by atoms with van der Waals surface area (Å²) >= 11 is 0. The highest BCUT2D eigenvalue weighted by Gasteiger charge is 2.45. The number of aromatic nitrogens is 2. The van der Waals surface area contributed by atoms with E-state index in [-0.39, 0.29) is 37.4 Å². The van der Waals surface area contributed by atoms with Crippen LogP contribution in [0.2, 0.25) is 0 Å². The molecule has 2 aliphatic rings. The summed E-state index contributed by atoms with van der Waals surface area (Å²) in [5.41, 5.74) is 1.88. The van der Waals surface area contributed by atoms with Crippen LogP contribution in [-0.2, 0) is 4.79 Å². The second kappa shape index (κ2) is 12.9. The number of aliphatic hydroxyl groups excluding tert-OH is 1. The second-order valence-electron chi connectivity index (χ2n) is 10.4. The van der Waals surface area contributed by atoms with E-state index in [1.54, 1.807) is 0 Å². The zero-order valence-electron chi connectivity index (χ0n) is 23.9. The molecule has 1 aromatic carbocycles. The van der Waals surface area contributed by atoms with E-state index in [4.69, 9.17) is 9.72 Å². The molecule has 12 heteroatoms. The number of benzene rings is 1. The first-order valence-electron chi connectivity index (χ1n) is 14.1. The van der Waals surface area contributed by atoms with Crippen molar-refractivity contribution in [2.24, 2.45) is 0 Å². The molecule has 220 valence electrons. The van der Waals surface area contributed by atoms with Gasteiger partial charge in [-0.25, -0.2) is 4.98 Å². The minimum atomic E-state index is -3.48. The number of alkyl halides is 2. The van der Waals surface area contributed by atoms with Gasteiger partial charge >= 0.3 is 5.92 Å². The lowest BCUT2D eigenvalue weighted by Gasteiger charge is -2.38. The van der Waals surface area contributed by atoms with Gasteiger partial charge in [0.1, 0.15) is 18.0 Å². The first-order chi connectivity index (χ1) is 19.2. The van der Waals surface area contributed by atoms with E-state index >= 15 is 0 Å². The maximum absolute atomic E-state index is 14.7. The number of hydrogen-bond acceptors (Lipinski definition) is 9. The molecule has 0 aliphatic carbocycles. The van der Waals surface area contributed by atoms with Gasteiger partial charge in [0, 0.05) is 57.9 Å². The van der Waals surface area contributed by atoms with E-state index in [0.29, 0.717) is 17.3 Å². The number of hydrogen-bond donors (Lipinski definition) is 2. The molecule has 2 aliphatic heterocycles. The number of fused-ring (bicyclic) bond motifs is 1. The predicted octanol–water partition coefficient (Wildman–Crippen LogP) is 3.73. The quantitative estimate of drug-likeness (QED) is 0.450. The SMILES string of the molecule is CCCC(CC)N1CCC(F)(F)C(=O)N(C)c2cnc(Nc3cc(N4CCN(C)CC4)ccc3OCCO)nc21. The molecule has 2 N–H and O–H groups in total. The monoisotopic (exact) mass is 561 g/mol. The van der Waals surface area contributed by atoms with Crippen molar-refractivity contribution in [3.63, 3.8) is 0 Å². The molecule has 1 amide bonds. The Morgan fingerprint density at radius 2 is 1.90 bits per heavy atom. The lowest BCUT2D eigenvalue weighted by atomic mass is 10.0. The van der Waals surface area contributed by atoms with Crippen molar-refractivity contribution in [1.82, 2.24) is 14.9 Å². The summed E-state index contributed by atoms with van der Waals surface area (Å²) in [5.74, 6) is -3.51. The number of ether oxygens (including phenoxy) is 1. The lowest BCUT2D eigenvalue weighted by molar-refractivity contribution is -0.142. The highest BCUT2D eigenvalue weighted by atomic mass is 19.3. The Bertz CT molecular complexity index is 1160. The molecule has 40 heavy (non-hydrogen) atoms. The maximum Gasteiger partial charge on any atom is 0.326 e. The van der Waals surface area contributed by atoms with E-state index in [9.17, 15) is 18.7 Å². The number of piperazine rings is 1. The minimum Gasteiger partial charge on any atom is -0.489 e. The molecule has 0 spiro atoms. The third kappa shape index (κ3) is 6.55. The van der Waals surface area contributed by atoms with Crippen LogP contribution in [0, 0.1) is 0 Å². The smallest absolute Gasteiger partial charge is 0.326 e. The summed E-state index contributed by atoms with van der Waals surface area (Å²) < 4.78 is 35.2. The Labute approximate surface area is 234 Å². The summed E-state index contributed by atoms with van der Waals surface area (Å²) in [6.07, 6.45) is 3.27. The Kier molecular flexibility index (Phi) is 9.62. The third-order valence-electron chi connectivity index (χ3n) is 7.63. The molecule has 0 radical (unpaired) electrons. The van der Waals surface area contributed by atoms with Crippen molar-refractivity contribution < 1.29 is 23.4 Å². The van der Waals surface area contributed by atoms with Crippen LogP contribution in [0.15, 0.2) is 24.4 Å². The molecular weight excluding hydrogens is 520 g/mol.